The number of carbonyl (C=O) groups is 1. The number of hydrogen-bond acceptors (Lipinski definition) is 3. The van der Waals surface area contributed by atoms with Crippen LogP contribution in [-0.2, 0) is 6.18 Å². The van der Waals surface area contributed by atoms with Crippen molar-refractivity contribution >= 4 is 28.2 Å². The maximum atomic E-state index is 13.8. The van der Waals surface area contributed by atoms with Crippen molar-refractivity contribution in [3.05, 3.63) is 57.9 Å². The van der Waals surface area contributed by atoms with E-state index < -0.39 is 35.5 Å². The number of anilines is 2. The van der Waals surface area contributed by atoms with Gasteiger partial charge in [0.1, 0.15) is 0 Å². The molecule has 1 amide bonds. The summed E-state index contributed by atoms with van der Waals surface area (Å²) in [7, 11) is 0. The van der Waals surface area contributed by atoms with Gasteiger partial charge in [0.25, 0.3) is 11.5 Å². The number of alkyl halides is 5. The first kappa shape index (κ1) is 21.8. The largest absolute Gasteiger partial charge is 0.416 e. The lowest BCUT2D eigenvalue weighted by atomic mass is 10.1. The minimum absolute atomic E-state index is 0.0596. The van der Waals surface area contributed by atoms with Gasteiger partial charge in [-0.2, -0.15) is 13.2 Å². The molecule has 0 aliphatic carbocycles. The average Bonchev–Trinajstić information content (AvgIpc) is 2.98. The van der Waals surface area contributed by atoms with E-state index in [0.29, 0.717) is 10.9 Å². The van der Waals surface area contributed by atoms with E-state index in [1.807, 2.05) is 0 Å². The molecule has 2 heterocycles. The van der Waals surface area contributed by atoms with E-state index in [9.17, 15) is 31.5 Å². The third-order valence-electron chi connectivity index (χ3n) is 5.46. The first-order valence-corrected chi connectivity index (χ1v) is 9.89. The molecule has 0 radical (unpaired) electrons. The van der Waals surface area contributed by atoms with Gasteiger partial charge in [0.15, 0.2) is 0 Å². The van der Waals surface area contributed by atoms with Crippen molar-refractivity contribution < 1.29 is 26.7 Å². The summed E-state index contributed by atoms with van der Waals surface area (Å²) in [6.45, 7) is -0.0822. The summed E-state index contributed by atoms with van der Waals surface area (Å²) in [6.07, 6.45) is -5.45. The topological polar surface area (TPSA) is 81.0 Å². The van der Waals surface area contributed by atoms with Crippen molar-refractivity contribution in [2.75, 3.05) is 23.3 Å². The molecule has 2 aromatic carbocycles. The highest BCUT2D eigenvalue weighted by Gasteiger charge is 2.35. The molecule has 170 valence electrons. The van der Waals surface area contributed by atoms with Crippen molar-refractivity contribution in [2.45, 2.75) is 31.4 Å². The lowest BCUT2D eigenvalue weighted by Gasteiger charge is -2.26. The summed E-state index contributed by atoms with van der Waals surface area (Å²) < 4.78 is 67.5. The molecule has 0 saturated carbocycles. The van der Waals surface area contributed by atoms with Crippen LogP contribution in [0.25, 0.3) is 10.9 Å². The molecule has 0 bridgehead atoms. The Kier molecular flexibility index (Phi) is 5.43. The van der Waals surface area contributed by atoms with Crippen LogP contribution in [-0.4, -0.2) is 35.1 Å². The Morgan fingerprint density at radius 2 is 1.81 bits per heavy atom. The molecule has 1 fully saturated rings. The lowest BCUT2D eigenvalue weighted by Crippen LogP contribution is -2.29. The molecule has 0 atom stereocenters. The number of H-pyrrole nitrogens is 2. The summed E-state index contributed by atoms with van der Waals surface area (Å²) >= 11 is 0. The van der Waals surface area contributed by atoms with Gasteiger partial charge < -0.3 is 10.2 Å². The Morgan fingerprint density at radius 1 is 1.03 bits per heavy atom. The first-order valence-electron chi connectivity index (χ1n) is 9.89. The Bertz CT molecular complexity index is 1210. The Morgan fingerprint density at radius 3 is 2.56 bits per heavy atom. The number of amides is 1. The molecule has 0 unspecified atom stereocenters. The van der Waals surface area contributed by atoms with Gasteiger partial charge in [-0.05, 0) is 42.8 Å². The van der Waals surface area contributed by atoms with Crippen LogP contribution in [0.4, 0.5) is 33.3 Å². The number of benzene rings is 2. The number of aromatic amines is 2. The van der Waals surface area contributed by atoms with E-state index >= 15 is 0 Å². The number of nitrogens with zero attached hydrogens (tertiary/aromatic N) is 1. The molecular formula is C21H19F5N4O2. The van der Waals surface area contributed by atoms with Gasteiger partial charge >= 0.3 is 6.18 Å². The van der Waals surface area contributed by atoms with Crippen LogP contribution in [0.2, 0.25) is 0 Å². The van der Waals surface area contributed by atoms with E-state index in [-0.39, 0.29) is 42.9 Å². The zero-order valence-electron chi connectivity index (χ0n) is 16.7. The van der Waals surface area contributed by atoms with Gasteiger partial charge in [0.05, 0.1) is 27.7 Å². The predicted molar refractivity (Wildman–Crippen MR) is 109 cm³/mol. The van der Waals surface area contributed by atoms with Crippen molar-refractivity contribution in [3.63, 3.8) is 0 Å². The highest BCUT2D eigenvalue weighted by molar-refractivity contribution is 6.08. The van der Waals surface area contributed by atoms with E-state index in [0.717, 1.165) is 18.2 Å². The van der Waals surface area contributed by atoms with E-state index in [1.54, 1.807) is 6.07 Å². The van der Waals surface area contributed by atoms with Gasteiger partial charge in [-0.15, -0.1) is 0 Å². The fourth-order valence-corrected chi connectivity index (χ4v) is 3.78. The van der Waals surface area contributed by atoms with E-state index in [4.69, 9.17) is 0 Å². The van der Waals surface area contributed by atoms with E-state index in [1.165, 1.54) is 17.0 Å². The normalized spacial score (nSPS) is 16.7. The second-order valence-corrected chi connectivity index (χ2v) is 7.72. The summed E-state index contributed by atoms with van der Waals surface area (Å²) in [5, 5.41) is 7.94. The minimum Gasteiger partial charge on any atom is -0.371 e. The Balaban J connectivity index is 1.69. The number of rotatable bonds is 3. The SMILES string of the molecule is O=C(Nc1ccc2[nH][nH]c(=O)c2c1)c1ccc(C(F)(F)F)cc1N1CCCC(F)(F)CC1. The maximum absolute atomic E-state index is 13.8. The van der Waals surface area contributed by atoms with Crippen LogP contribution in [0.3, 0.4) is 0 Å². The van der Waals surface area contributed by atoms with Crippen molar-refractivity contribution in [2.24, 2.45) is 0 Å². The first-order chi connectivity index (χ1) is 15.0. The number of nitrogens with one attached hydrogen (secondary N) is 3. The molecule has 32 heavy (non-hydrogen) atoms. The summed E-state index contributed by atoms with van der Waals surface area (Å²) in [6, 6.07) is 7.16. The average molecular weight is 454 g/mol. The van der Waals surface area contributed by atoms with Gasteiger partial charge in [-0.3, -0.25) is 19.8 Å². The molecule has 11 heteroatoms. The van der Waals surface area contributed by atoms with E-state index in [2.05, 4.69) is 15.5 Å². The molecule has 3 N–H and O–H groups in total. The quantitative estimate of drug-likeness (QED) is 0.500. The molecule has 0 spiro atoms. The zero-order valence-corrected chi connectivity index (χ0v) is 16.7. The van der Waals surface area contributed by atoms with Gasteiger partial charge in [-0.25, -0.2) is 8.78 Å². The molecule has 1 aliphatic heterocycles. The number of carbonyl (C=O) groups excluding carboxylic acids is 1. The van der Waals surface area contributed by atoms with Crippen molar-refractivity contribution in [3.8, 4) is 0 Å². The van der Waals surface area contributed by atoms with Crippen LogP contribution in [0, 0.1) is 0 Å². The number of aromatic nitrogens is 2. The standard InChI is InChI=1S/C21H19F5N4O2/c22-20(23)6-1-8-30(9-7-20)17-10-12(21(24,25)26)2-4-14(17)18(31)27-13-3-5-16-15(11-13)19(32)29-28-16/h2-5,10-11H,1,6-9H2,(H,27,31)(H2,28,29,32). The second kappa shape index (κ2) is 7.95. The third-order valence-corrected chi connectivity index (χ3v) is 5.46. The fourth-order valence-electron chi connectivity index (χ4n) is 3.78. The summed E-state index contributed by atoms with van der Waals surface area (Å²) in [5.41, 5.74) is -0.714. The van der Waals surface area contributed by atoms with Gasteiger partial charge in [-0.1, -0.05) is 0 Å². The summed E-state index contributed by atoms with van der Waals surface area (Å²) in [4.78, 5) is 26.1. The van der Waals surface area contributed by atoms with Crippen molar-refractivity contribution in [1.29, 1.82) is 0 Å². The minimum atomic E-state index is -4.65. The summed E-state index contributed by atoms with van der Waals surface area (Å²) in [5.74, 6) is -3.62. The smallest absolute Gasteiger partial charge is 0.371 e. The molecule has 4 rings (SSSR count). The van der Waals surface area contributed by atoms with Crippen LogP contribution >= 0.6 is 0 Å². The molecule has 1 aromatic heterocycles. The second-order valence-electron chi connectivity index (χ2n) is 7.72. The zero-order chi connectivity index (χ0) is 23.1. The van der Waals surface area contributed by atoms with Crippen molar-refractivity contribution in [1.82, 2.24) is 10.2 Å². The highest BCUT2D eigenvalue weighted by Crippen LogP contribution is 2.36. The van der Waals surface area contributed by atoms with Crippen LogP contribution < -0.4 is 15.8 Å². The molecular weight excluding hydrogens is 435 g/mol. The molecule has 6 nitrogen and oxygen atoms in total. The molecule has 3 aromatic rings. The van der Waals surface area contributed by atoms with Gasteiger partial charge in [0.2, 0.25) is 5.92 Å². The molecule has 1 saturated heterocycles. The fraction of sp³-hybridized carbons (Fsp3) is 0.333. The van der Waals surface area contributed by atoms with Crippen LogP contribution in [0.15, 0.2) is 41.2 Å². The number of fused-ring (bicyclic) bond motifs is 1. The third kappa shape index (κ3) is 4.46. The van der Waals surface area contributed by atoms with Crippen LogP contribution in [0.5, 0.6) is 0 Å². The van der Waals surface area contributed by atoms with Crippen LogP contribution in [0.1, 0.15) is 35.2 Å². The predicted octanol–water partition coefficient (Wildman–Crippen LogP) is 4.75. The number of halogens is 5. The highest BCUT2D eigenvalue weighted by atomic mass is 19.4. The Hall–Kier alpha value is -3.37. The molecule has 1 aliphatic rings. The number of hydrogen-bond donors (Lipinski definition) is 3. The lowest BCUT2D eigenvalue weighted by molar-refractivity contribution is -0.137. The van der Waals surface area contributed by atoms with Gasteiger partial charge in [0, 0.05) is 31.6 Å². The Labute approximate surface area is 178 Å². The maximum Gasteiger partial charge on any atom is 0.416 e. The monoisotopic (exact) mass is 454 g/mol.